The van der Waals surface area contributed by atoms with Crippen molar-refractivity contribution in [3.63, 3.8) is 0 Å². The van der Waals surface area contributed by atoms with E-state index < -0.39 is 11.7 Å². The van der Waals surface area contributed by atoms with Crippen molar-refractivity contribution in [3.05, 3.63) is 65.7 Å². The molecule has 0 fully saturated rings. The number of benzene rings is 2. The Kier molecular flexibility index (Phi) is 6.08. The van der Waals surface area contributed by atoms with E-state index in [9.17, 15) is 13.2 Å². The molecule has 0 aliphatic heterocycles. The third-order valence-electron chi connectivity index (χ3n) is 3.99. The van der Waals surface area contributed by atoms with Gasteiger partial charge >= 0.3 is 6.18 Å². The number of hydrogen-bond donors (Lipinski definition) is 0. The first kappa shape index (κ1) is 20.0. The molecule has 146 valence electrons. The van der Waals surface area contributed by atoms with Crippen molar-refractivity contribution >= 4 is 11.8 Å². The van der Waals surface area contributed by atoms with Gasteiger partial charge in [0, 0.05) is 11.3 Å². The molecule has 0 radical (unpaired) electrons. The van der Waals surface area contributed by atoms with E-state index in [1.807, 2.05) is 18.2 Å². The average molecular weight is 406 g/mol. The molecule has 3 aromatic rings. The average Bonchev–Trinajstić information content (AvgIpc) is 2.72. The standard InChI is InChI=1S/C20H17F3N2O2S/c1-26-15-7-9-18(27-2)16(11-15)17-8-10-19(25-24-17)28-12-13-3-5-14(6-4-13)20(21,22)23/h3-11H,12H2,1-2H3. The second-order valence-corrected chi connectivity index (χ2v) is 6.80. The third-order valence-corrected chi connectivity index (χ3v) is 4.98. The minimum Gasteiger partial charge on any atom is -0.497 e. The maximum Gasteiger partial charge on any atom is 0.416 e. The first-order valence-corrected chi connectivity index (χ1v) is 9.24. The molecule has 0 saturated carbocycles. The van der Waals surface area contributed by atoms with Gasteiger partial charge in [0.15, 0.2) is 0 Å². The van der Waals surface area contributed by atoms with E-state index >= 15 is 0 Å². The van der Waals surface area contributed by atoms with Gasteiger partial charge in [0.05, 0.1) is 25.5 Å². The molecule has 0 atom stereocenters. The summed E-state index contributed by atoms with van der Waals surface area (Å²) in [6, 6.07) is 14.2. The Labute approximate surface area is 164 Å². The highest BCUT2D eigenvalue weighted by molar-refractivity contribution is 7.98. The highest BCUT2D eigenvalue weighted by Gasteiger charge is 2.29. The van der Waals surface area contributed by atoms with E-state index in [-0.39, 0.29) is 0 Å². The fraction of sp³-hybridized carbons (Fsp3) is 0.200. The maximum absolute atomic E-state index is 12.6. The van der Waals surface area contributed by atoms with Crippen molar-refractivity contribution in [2.75, 3.05) is 14.2 Å². The number of methoxy groups -OCH3 is 2. The molecule has 0 aliphatic rings. The van der Waals surface area contributed by atoms with E-state index in [2.05, 4.69) is 10.2 Å². The quantitative estimate of drug-likeness (QED) is 0.508. The fourth-order valence-electron chi connectivity index (χ4n) is 2.50. The van der Waals surface area contributed by atoms with Crippen molar-refractivity contribution < 1.29 is 22.6 Å². The molecule has 0 unspecified atom stereocenters. The summed E-state index contributed by atoms with van der Waals surface area (Å²) in [5, 5.41) is 9.10. The van der Waals surface area contributed by atoms with E-state index in [1.54, 1.807) is 26.4 Å². The zero-order valence-corrected chi connectivity index (χ0v) is 16.0. The predicted molar refractivity (Wildman–Crippen MR) is 102 cm³/mol. The van der Waals surface area contributed by atoms with Gasteiger partial charge in [-0.1, -0.05) is 23.9 Å². The van der Waals surface area contributed by atoms with Gasteiger partial charge in [-0.3, -0.25) is 0 Å². The molecule has 0 bridgehead atoms. The molecule has 1 heterocycles. The number of aromatic nitrogens is 2. The minimum atomic E-state index is -4.33. The van der Waals surface area contributed by atoms with E-state index in [0.29, 0.717) is 28.0 Å². The third kappa shape index (κ3) is 4.75. The molecule has 3 rings (SSSR count). The summed E-state index contributed by atoms with van der Waals surface area (Å²) in [6.45, 7) is 0. The fourth-order valence-corrected chi connectivity index (χ4v) is 3.27. The number of alkyl halides is 3. The van der Waals surface area contributed by atoms with Gasteiger partial charge in [-0.2, -0.15) is 13.2 Å². The Balaban J connectivity index is 1.70. The lowest BCUT2D eigenvalue weighted by atomic mass is 10.1. The molecule has 1 aromatic heterocycles. The van der Waals surface area contributed by atoms with Crippen LogP contribution in [0.2, 0.25) is 0 Å². The predicted octanol–water partition coefficient (Wildman–Crippen LogP) is 5.47. The normalized spacial score (nSPS) is 11.3. The molecule has 0 aliphatic carbocycles. The molecule has 0 amide bonds. The van der Waals surface area contributed by atoms with Crippen LogP contribution >= 0.6 is 11.8 Å². The Morgan fingerprint density at radius 1 is 0.893 bits per heavy atom. The van der Waals surface area contributed by atoms with E-state index in [1.165, 1.54) is 23.9 Å². The lowest BCUT2D eigenvalue weighted by Gasteiger charge is -2.10. The zero-order valence-electron chi connectivity index (χ0n) is 15.2. The van der Waals surface area contributed by atoms with Crippen molar-refractivity contribution in [2.45, 2.75) is 17.0 Å². The number of halogens is 3. The van der Waals surface area contributed by atoms with Crippen LogP contribution in [-0.4, -0.2) is 24.4 Å². The highest BCUT2D eigenvalue weighted by Crippen LogP contribution is 2.33. The summed E-state index contributed by atoms with van der Waals surface area (Å²) in [5.41, 5.74) is 1.51. The molecule has 0 saturated heterocycles. The van der Waals surface area contributed by atoms with Crippen LogP contribution in [0.5, 0.6) is 11.5 Å². The van der Waals surface area contributed by atoms with E-state index in [0.717, 1.165) is 23.3 Å². The molecular formula is C20H17F3N2O2S. The Bertz CT molecular complexity index is 930. The van der Waals surface area contributed by atoms with Crippen molar-refractivity contribution in [3.8, 4) is 22.8 Å². The monoisotopic (exact) mass is 406 g/mol. The Morgan fingerprint density at radius 2 is 1.64 bits per heavy atom. The van der Waals surface area contributed by atoms with Crippen molar-refractivity contribution in [2.24, 2.45) is 0 Å². The molecule has 4 nitrogen and oxygen atoms in total. The van der Waals surface area contributed by atoms with Crippen LogP contribution in [0.3, 0.4) is 0 Å². The number of rotatable bonds is 6. The smallest absolute Gasteiger partial charge is 0.416 e. The molecule has 2 aromatic carbocycles. The Morgan fingerprint density at radius 3 is 2.21 bits per heavy atom. The van der Waals surface area contributed by atoms with Crippen LogP contribution in [0.4, 0.5) is 13.2 Å². The van der Waals surface area contributed by atoms with Gasteiger partial charge in [-0.15, -0.1) is 10.2 Å². The molecule has 0 spiro atoms. The van der Waals surface area contributed by atoms with Gasteiger partial charge < -0.3 is 9.47 Å². The van der Waals surface area contributed by atoms with Gasteiger partial charge in [-0.05, 0) is 48.0 Å². The molecule has 28 heavy (non-hydrogen) atoms. The summed E-state index contributed by atoms with van der Waals surface area (Å²) in [4.78, 5) is 0. The van der Waals surface area contributed by atoms with Crippen LogP contribution in [0.25, 0.3) is 11.3 Å². The van der Waals surface area contributed by atoms with Gasteiger partial charge in [0.2, 0.25) is 0 Å². The first-order chi connectivity index (χ1) is 13.4. The SMILES string of the molecule is COc1ccc(OC)c(-c2ccc(SCc3ccc(C(F)(F)F)cc3)nn2)c1. The van der Waals surface area contributed by atoms with Crippen LogP contribution < -0.4 is 9.47 Å². The number of hydrogen-bond acceptors (Lipinski definition) is 5. The zero-order chi connectivity index (χ0) is 20.1. The summed E-state index contributed by atoms with van der Waals surface area (Å²) in [7, 11) is 3.16. The number of ether oxygens (including phenoxy) is 2. The maximum atomic E-state index is 12.6. The molecule has 0 N–H and O–H groups in total. The van der Waals surface area contributed by atoms with Crippen LogP contribution in [0.15, 0.2) is 59.6 Å². The summed E-state index contributed by atoms with van der Waals surface area (Å²) >= 11 is 1.40. The summed E-state index contributed by atoms with van der Waals surface area (Å²) < 4.78 is 48.4. The lowest BCUT2D eigenvalue weighted by Crippen LogP contribution is -2.04. The molecular weight excluding hydrogens is 389 g/mol. The Hall–Kier alpha value is -2.74. The topological polar surface area (TPSA) is 44.2 Å². The summed E-state index contributed by atoms with van der Waals surface area (Å²) in [5.74, 6) is 1.83. The van der Waals surface area contributed by atoms with Crippen molar-refractivity contribution in [1.29, 1.82) is 0 Å². The largest absolute Gasteiger partial charge is 0.497 e. The van der Waals surface area contributed by atoms with Crippen molar-refractivity contribution in [1.82, 2.24) is 10.2 Å². The minimum absolute atomic E-state index is 0.495. The number of thioether (sulfide) groups is 1. The van der Waals surface area contributed by atoms with Crippen LogP contribution in [0.1, 0.15) is 11.1 Å². The first-order valence-electron chi connectivity index (χ1n) is 8.26. The van der Waals surface area contributed by atoms with Gasteiger partial charge in [0.1, 0.15) is 16.5 Å². The van der Waals surface area contributed by atoms with Crippen LogP contribution in [-0.2, 0) is 11.9 Å². The van der Waals surface area contributed by atoms with Crippen LogP contribution in [0, 0.1) is 0 Å². The second kappa shape index (κ2) is 8.52. The summed E-state index contributed by atoms with van der Waals surface area (Å²) in [6.07, 6.45) is -4.33. The highest BCUT2D eigenvalue weighted by atomic mass is 32.2. The van der Waals surface area contributed by atoms with Gasteiger partial charge in [0.25, 0.3) is 0 Å². The van der Waals surface area contributed by atoms with Gasteiger partial charge in [-0.25, -0.2) is 0 Å². The lowest BCUT2D eigenvalue weighted by molar-refractivity contribution is -0.137. The molecule has 8 heteroatoms. The second-order valence-electron chi connectivity index (χ2n) is 5.81. The van der Waals surface area contributed by atoms with E-state index in [4.69, 9.17) is 9.47 Å². The number of nitrogens with zero attached hydrogens (tertiary/aromatic N) is 2.